The molecule has 1 aromatic carbocycles. The fraction of sp³-hybridized carbons (Fsp3) is 0.652. The molecule has 140 valence electrons. The van der Waals surface area contributed by atoms with Gasteiger partial charge in [0.05, 0.1) is 6.61 Å². The fourth-order valence-corrected chi connectivity index (χ4v) is 3.85. The third-order valence-electron chi connectivity index (χ3n) is 5.17. The predicted octanol–water partition coefficient (Wildman–Crippen LogP) is 6.85. The zero-order valence-corrected chi connectivity index (χ0v) is 16.8. The van der Waals surface area contributed by atoms with Crippen molar-refractivity contribution in [1.82, 2.24) is 0 Å². The van der Waals surface area contributed by atoms with E-state index in [1.807, 2.05) is 19.1 Å². The normalized spacial score (nSPS) is 18.2. The van der Waals surface area contributed by atoms with E-state index in [-0.39, 0.29) is 11.7 Å². The van der Waals surface area contributed by atoms with Crippen molar-refractivity contribution in [3.05, 3.63) is 35.9 Å². The fourth-order valence-electron chi connectivity index (χ4n) is 3.85. The van der Waals surface area contributed by atoms with Gasteiger partial charge in [0.15, 0.2) is 6.29 Å². The van der Waals surface area contributed by atoms with Gasteiger partial charge in [0, 0.05) is 0 Å². The molecule has 25 heavy (non-hydrogen) atoms. The lowest BCUT2D eigenvalue weighted by Gasteiger charge is -2.24. The van der Waals surface area contributed by atoms with E-state index in [0.717, 1.165) is 18.3 Å². The van der Waals surface area contributed by atoms with Crippen LogP contribution in [0.2, 0.25) is 0 Å². The Hall–Kier alpha value is -1.28. The van der Waals surface area contributed by atoms with Crippen LogP contribution < -0.4 is 4.74 Å². The summed E-state index contributed by atoms with van der Waals surface area (Å²) >= 11 is 0. The van der Waals surface area contributed by atoms with Crippen LogP contribution in [0.5, 0.6) is 5.75 Å². The highest BCUT2D eigenvalue weighted by Crippen LogP contribution is 2.34. The largest absolute Gasteiger partial charge is 0.465 e. The number of benzene rings is 1. The van der Waals surface area contributed by atoms with Crippen LogP contribution in [0.25, 0.3) is 5.57 Å². The van der Waals surface area contributed by atoms with Crippen LogP contribution in [0.3, 0.4) is 0 Å². The summed E-state index contributed by atoms with van der Waals surface area (Å²) < 4.78 is 11.8. The summed E-state index contributed by atoms with van der Waals surface area (Å²) in [5.74, 6) is 1.73. The minimum atomic E-state index is -0.196. The van der Waals surface area contributed by atoms with Gasteiger partial charge in [-0.15, -0.1) is 0 Å². The molecule has 0 bridgehead atoms. The van der Waals surface area contributed by atoms with Crippen LogP contribution in [-0.4, -0.2) is 12.9 Å². The minimum absolute atomic E-state index is 0.145. The summed E-state index contributed by atoms with van der Waals surface area (Å²) in [6.07, 6.45) is 10.1. The first-order chi connectivity index (χ1) is 11.9. The van der Waals surface area contributed by atoms with Crippen molar-refractivity contribution in [3.63, 3.8) is 0 Å². The van der Waals surface area contributed by atoms with Crippen LogP contribution >= 0.6 is 0 Å². The maximum Gasteiger partial charge on any atom is 0.196 e. The van der Waals surface area contributed by atoms with Crippen molar-refractivity contribution in [1.29, 1.82) is 0 Å². The van der Waals surface area contributed by atoms with E-state index in [1.54, 1.807) is 0 Å². The Balaban J connectivity index is 1.80. The van der Waals surface area contributed by atoms with Gasteiger partial charge in [0.2, 0.25) is 0 Å². The van der Waals surface area contributed by atoms with E-state index < -0.39 is 0 Å². The lowest BCUT2D eigenvalue weighted by Crippen LogP contribution is -2.19. The Morgan fingerprint density at radius 3 is 2.32 bits per heavy atom. The Labute approximate surface area is 154 Å². The van der Waals surface area contributed by atoms with Crippen molar-refractivity contribution in [2.24, 2.45) is 11.3 Å². The van der Waals surface area contributed by atoms with Gasteiger partial charge < -0.3 is 9.47 Å². The molecule has 0 aliphatic heterocycles. The number of hydrogen-bond acceptors (Lipinski definition) is 2. The van der Waals surface area contributed by atoms with Gasteiger partial charge in [-0.2, -0.15) is 0 Å². The monoisotopic (exact) mass is 344 g/mol. The highest BCUT2D eigenvalue weighted by Gasteiger charge is 2.18. The van der Waals surface area contributed by atoms with E-state index >= 15 is 0 Å². The molecule has 1 aromatic rings. The first-order valence-electron chi connectivity index (χ1n) is 9.95. The summed E-state index contributed by atoms with van der Waals surface area (Å²) in [4.78, 5) is 0. The Morgan fingerprint density at radius 1 is 1.12 bits per heavy atom. The van der Waals surface area contributed by atoms with Crippen LogP contribution in [-0.2, 0) is 4.74 Å². The molecule has 1 saturated carbocycles. The molecular weight excluding hydrogens is 308 g/mol. The molecule has 0 heterocycles. The highest BCUT2D eigenvalue weighted by atomic mass is 16.7. The highest BCUT2D eigenvalue weighted by molar-refractivity contribution is 5.69. The number of ether oxygens (including phenoxy) is 2. The average Bonchev–Trinajstić information content (AvgIpc) is 2.57. The molecule has 0 N–H and O–H groups in total. The van der Waals surface area contributed by atoms with Gasteiger partial charge in [-0.05, 0) is 54.9 Å². The van der Waals surface area contributed by atoms with E-state index in [2.05, 4.69) is 45.9 Å². The smallest absolute Gasteiger partial charge is 0.196 e. The maximum absolute atomic E-state index is 5.92. The molecule has 0 saturated heterocycles. The van der Waals surface area contributed by atoms with Crippen molar-refractivity contribution in [3.8, 4) is 5.75 Å². The standard InChI is InChI=1S/C23H36O2/c1-6-22(23(3,4)5)20-12-14-21(15-13-20)25-18(2)24-17-16-19-10-8-7-9-11-19/h6,12-15,18-19H,7-11,16-17H2,1-5H3/b22-6-. The van der Waals surface area contributed by atoms with Gasteiger partial charge >= 0.3 is 0 Å². The zero-order chi connectivity index (χ0) is 18.3. The van der Waals surface area contributed by atoms with Crippen molar-refractivity contribution in [2.75, 3.05) is 6.61 Å². The number of hydrogen-bond donors (Lipinski definition) is 0. The molecule has 1 aliphatic rings. The molecule has 0 spiro atoms. The SMILES string of the molecule is C/C=C(/c1ccc(OC(C)OCCC2CCCCC2)cc1)C(C)(C)C. The molecule has 2 heteroatoms. The van der Waals surface area contributed by atoms with E-state index in [9.17, 15) is 0 Å². The third kappa shape index (κ3) is 6.51. The quantitative estimate of drug-likeness (QED) is 0.504. The molecule has 1 fully saturated rings. The number of allylic oxidation sites excluding steroid dienone is 2. The summed E-state index contributed by atoms with van der Waals surface area (Å²) in [6.45, 7) is 11.6. The minimum Gasteiger partial charge on any atom is -0.465 e. The Bertz CT molecular complexity index is 530. The second kappa shape index (κ2) is 9.43. The lowest BCUT2D eigenvalue weighted by atomic mass is 9.82. The number of rotatable bonds is 7. The van der Waals surface area contributed by atoms with Gasteiger partial charge in [0.25, 0.3) is 0 Å². The molecule has 1 aliphatic carbocycles. The molecule has 0 amide bonds. The van der Waals surface area contributed by atoms with Crippen molar-refractivity contribution in [2.45, 2.75) is 79.4 Å². The van der Waals surface area contributed by atoms with Gasteiger partial charge in [-0.1, -0.05) is 71.1 Å². The molecule has 2 rings (SSSR count). The van der Waals surface area contributed by atoms with Crippen LogP contribution in [0.1, 0.15) is 78.7 Å². The summed E-state index contributed by atoms with van der Waals surface area (Å²) in [7, 11) is 0. The topological polar surface area (TPSA) is 18.5 Å². The first kappa shape index (κ1) is 20.0. The molecule has 1 unspecified atom stereocenters. The predicted molar refractivity (Wildman–Crippen MR) is 107 cm³/mol. The summed E-state index contributed by atoms with van der Waals surface area (Å²) in [6, 6.07) is 8.38. The van der Waals surface area contributed by atoms with Crippen LogP contribution in [0.15, 0.2) is 30.3 Å². The Kier molecular flexibility index (Phi) is 7.56. The van der Waals surface area contributed by atoms with Crippen LogP contribution in [0.4, 0.5) is 0 Å². The first-order valence-corrected chi connectivity index (χ1v) is 9.95. The summed E-state index contributed by atoms with van der Waals surface area (Å²) in [5.41, 5.74) is 2.76. The molecular formula is C23H36O2. The van der Waals surface area contributed by atoms with Gasteiger partial charge in [-0.25, -0.2) is 0 Å². The average molecular weight is 345 g/mol. The van der Waals surface area contributed by atoms with E-state index in [0.29, 0.717) is 0 Å². The maximum atomic E-state index is 5.92. The van der Waals surface area contributed by atoms with Gasteiger partial charge in [0.1, 0.15) is 5.75 Å². The van der Waals surface area contributed by atoms with Crippen molar-refractivity contribution < 1.29 is 9.47 Å². The molecule has 2 nitrogen and oxygen atoms in total. The van der Waals surface area contributed by atoms with E-state index in [1.165, 1.54) is 49.7 Å². The molecule has 0 aromatic heterocycles. The zero-order valence-electron chi connectivity index (χ0n) is 16.8. The molecule has 0 radical (unpaired) electrons. The molecule has 1 atom stereocenters. The second-order valence-electron chi connectivity index (χ2n) is 8.33. The Morgan fingerprint density at radius 2 is 1.76 bits per heavy atom. The summed E-state index contributed by atoms with van der Waals surface area (Å²) in [5, 5.41) is 0. The van der Waals surface area contributed by atoms with E-state index in [4.69, 9.17) is 9.47 Å². The lowest BCUT2D eigenvalue weighted by molar-refractivity contribution is -0.0711. The van der Waals surface area contributed by atoms with Gasteiger partial charge in [-0.3, -0.25) is 0 Å². The van der Waals surface area contributed by atoms with Crippen molar-refractivity contribution >= 4 is 5.57 Å². The second-order valence-corrected chi connectivity index (χ2v) is 8.33. The third-order valence-corrected chi connectivity index (χ3v) is 5.17. The van der Waals surface area contributed by atoms with Crippen LogP contribution in [0, 0.1) is 11.3 Å².